The molecule has 1 fully saturated rings. The maximum Gasteiger partial charge on any atom is 0.237 e. The topological polar surface area (TPSA) is 60.2 Å². The molecule has 1 aromatic heterocycles. The predicted molar refractivity (Wildman–Crippen MR) is 114 cm³/mol. The highest BCUT2D eigenvalue weighted by Crippen LogP contribution is 2.27. The van der Waals surface area contributed by atoms with E-state index >= 15 is 0 Å². The van der Waals surface area contributed by atoms with Gasteiger partial charge in [0.25, 0.3) is 0 Å². The van der Waals surface area contributed by atoms with Crippen LogP contribution in [0.3, 0.4) is 0 Å². The zero-order chi connectivity index (χ0) is 20.4. The lowest BCUT2D eigenvalue weighted by molar-refractivity contribution is -0.133. The molecule has 0 saturated carbocycles. The van der Waals surface area contributed by atoms with Crippen LogP contribution in [0.2, 0.25) is 0 Å². The van der Waals surface area contributed by atoms with Gasteiger partial charge in [0.15, 0.2) is 0 Å². The highest BCUT2D eigenvalue weighted by molar-refractivity contribution is 5.80. The van der Waals surface area contributed by atoms with E-state index in [0.29, 0.717) is 6.54 Å². The molecule has 1 unspecified atom stereocenters. The lowest BCUT2D eigenvalue weighted by Gasteiger charge is -2.36. The molecule has 1 atom stereocenters. The van der Waals surface area contributed by atoms with E-state index in [-0.39, 0.29) is 17.7 Å². The monoisotopic (exact) mass is 393 g/mol. The van der Waals surface area contributed by atoms with Crippen LogP contribution in [0, 0.1) is 0 Å². The van der Waals surface area contributed by atoms with Gasteiger partial charge in [-0.2, -0.15) is 0 Å². The van der Waals surface area contributed by atoms with Crippen LogP contribution in [-0.2, 0) is 4.79 Å². The van der Waals surface area contributed by atoms with Gasteiger partial charge in [-0.3, -0.25) is 9.69 Å². The number of para-hydroxylation sites is 1. The number of furan rings is 1. The van der Waals surface area contributed by atoms with Gasteiger partial charge >= 0.3 is 0 Å². The molecule has 0 spiro atoms. The van der Waals surface area contributed by atoms with Crippen molar-refractivity contribution in [2.75, 3.05) is 44.7 Å². The van der Waals surface area contributed by atoms with Gasteiger partial charge in [-0.05, 0) is 43.3 Å². The molecule has 29 heavy (non-hydrogen) atoms. The van der Waals surface area contributed by atoms with E-state index in [2.05, 4.69) is 9.80 Å². The molecule has 6 nitrogen and oxygen atoms in total. The molecule has 2 heterocycles. The number of fused-ring (bicyclic) bond motifs is 1. The Morgan fingerprint density at radius 1 is 1.10 bits per heavy atom. The summed E-state index contributed by atoms with van der Waals surface area (Å²) < 4.78 is 5.93. The molecular weight excluding hydrogens is 366 g/mol. The first-order chi connectivity index (χ1) is 14.0. The highest BCUT2D eigenvalue weighted by Gasteiger charge is 2.24. The number of amides is 1. The first-order valence-electron chi connectivity index (χ1n) is 10.0. The molecule has 4 rings (SSSR count). The van der Waals surface area contributed by atoms with E-state index in [0.717, 1.165) is 48.6 Å². The normalized spacial score (nSPS) is 16.1. The Morgan fingerprint density at radius 2 is 1.79 bits per heavy atom. The van der Waals surface area contributed by atoms with Gasteiger partial charge in [-0.15, -0.1) is 0 Å². The predicted octanol–water partition coefficient (Wildman–Crippen LogP) is 3.48. The summed E-state index contributed by atoms with van der Waals surface area (Å²) in [5, 5.41) is 10.5. The van der Waals surface area contributed by atoms with Crippen molar-refractivity contribution >= 4 is 22.6 Å². The van der Waals surface area contributed by atoms with Crippen molar-refractivity contribution in [1.82, 2.24) is 9.80 Å². The van der Waals surface area contributed by atoms with Crippen LogP contribution < -0.4 is 4.90 Å². The van der Waals surface area contributed by atoms with Crippen molar-refractivity contribution in [3.05, 3.63) is 60.4 Å². The van der Waals surface area contributed by atoms with Crippen LogP contribution in [0.4, 0.5) is 5.69 Å². The third-order valence-electron chi connectivity index (χ3n) is 5.78. The first kappa shape index (κ1) is 19.3. The minimum Gasteiger partial charge on any atom is -0.508 e. The van der Waals surface area contributed by atoms with Gasteiger partial charge < -0.3 is 19.3 Å². The lowest BCUT2D eigenvalue weighted by Crippen LogP contribution is -2.49. The van der Waals surface area contributed by atoms with E-state index < -0.39 is 0 Å². The van der Waals surface area contributed by atoms with Crippen molar-refractivity contribution in [3.8, 4) is 5.75 Å². The second-order valence-corrected chi connectivity index (χ2v) is 7.65. The fourth-order valence-electron chi connectivity index (χ4n) is 3.75. The molecule has 1 saturated heterocycles. The fraction of sp³-hybridized carbons (Fsp3) is 0.348. The zero-order valence-electron chi connectivity index (χ0n) is 16.9. The minimum absolute atomic E-state index is 0.0936. The standard InChI is InChI=1S/C23H27N3O3/c1-17(22-15-18-5-3-4-6-21(18)29-22)24(2)23(28)16-25-11-13-26(14-12-25)19-7-9-20(27)10-8-19/h3-10,15,17,27H,11-14,16H2,1-2H3. The van der Waals surface area contributed by atoms with Crippen molar-refractivity contribution in [2.24, 2.45) is 0 Å². The second kappa shape index (κ2) is 8.17. The number of benzene rings is 2. The molecule has 2 aromatic carbocycles. The summed E-state index contributed by atoms with van der Waals surface area (Å²) in [4.78, 5) is 19.1. The highest BCUT2D eigenvalue weighted by atomic mass is 16.3. The quantitative estimate of drug-likeness (QED) is 0.719. The van der Waals surface area contributed by atoms with Crippen LogP contribution in [-0.4, -0.2) is 60.6 Å². The summed E-state index contributed by atoms with van der Waals surface area (Å²) >= 11 is 0. The molecule has 0 bridgehead atoms. The number of carbonyl (C=O) groups excluding carboxylic acids is 1. The molecule has 1 aliphatic heterocycles. The maximum atomic E-state index is 12.8. The largest absolute Gasteiger partial charge is 0.508 e. The van der Waals surface area contributed by atoms with Gasteiger partial charge in [0, 0.05) is 44.3 Å². The maximum absolute atomic E-state index is 12.8. The number of likely N-dealkylation sites (N-methyl/N-ethyl adjacent to an activating group) is 1. The number of hydrogen-bond acceptors (Lipinski definition) is 5. The molecule has 3 aromatic rings. The first-order valence-corrected chi connectivity index (χ1v) is 10.0. The number of hydrogen-bond donors (Lipinski definition) is 1. The molecular formula is C23H27N3O3. The van der Waals surface area contributed by atoms with Gasteiger partial charge in [0.1, 0.15) is 17.1 Å². The Kier molecular flexibility index (Phi) is 5.45. The number of anilines is 1. The van der Waals surface area contributed by atoms with E-state index in [4.69, 9.17) is 4.42 Å². The Bertz CT molecular complexity index is 941. The third-order valence-corrected chi connectivity index (χ3v) is 5.78. The van der Waals surface area contributed by atoms with Crippen LogP contribution in [0.15, 0.2) is 59.0 Å². The fourth-order valence-corrected chi connectivity index (χ4v) is 3.75. The van der Waals surface area contributed by atoms with Crippen molar-refractivity contribution in [2.45, 2.75) is 13.0 Å². The number of carbonyl (C=O) groups is 1. The number of piperazine rings is 1. The second-order valence-electron chi connectivity index (χ2n) is 7.65. The summed E-state index contributed by atoms with van der Waals surface area (Å²) in [6.07, 6.45) is 0. The van der Waals surface area contributed by atoms with Gasteiger partial charge in [0.2, 0.25) is 5.91 Å². The van der Waals surface area contributed by atoms with Gasteiger partial charge in [-0.1, -0.05) is 18.2 Å². The Morgan fingerprint density at radius 3 is 2.48 bits per heavy atom. The summed E-state index contributed by atoms with van der Waals surface area (Å²) in [6, 6.07) is 17.1. The van der Waals surface area contributed by atoms with Crippen molar-refractivity contribution in [3.63, 3.8) is 0 Å². The van der Waals surface area contributed by atoms with Gasteiger partial charge in [-0.25, -0.2) is 0 Å². The molecule has 1 aliphatic rings. The molecule has 6 heteroatoms. The number of aromatic hydroxyl groups is 1. The Hall–Kier alpha value is -2.99. The smallest absolute Gasteiger partial charge is 0.237 e. The molecule has 152 valence electrons. The number of nitrogens with zero attached hydrogens (tertiary/aromatic N) is 3. The number of rotatable bonds is 5. The van der Waals surface area contributed by atoms with Crippen LogP contribution in [0.5, 0.6) is 5.75 Å². The zero-order valence-corrected chi connectivity index (χ0v) is 16.9. The molecule has 0 aliphatic carbocycles. The molecule has 1 amide bonds. The Labute approximate surface area is 170 Å². The van der Waals surface area contributed by atoms with E-state index in [9.17, 15) is 9.90 Å². The van der Waals surface area contributed by atoms with Crippen LogP contribution in [0.25, 0.3) is 11.0 Å². The average Bonchev–Trinajstić information content (AvgIpc) is 3.18. The summed E-state index contributed by atoms with van der Waals surface area (Å²) in [5.41, 5.74) is 1.95. The molecule has 1 N–H and O–H groups in total. The number of phenolic OH excluding ortho intramolecular Hbond substituents is 1. The van der Waals surface area contributed by atoms with Gasteiger partial charge in [0.05, 0.1) is 12.6 Å². The minimum atomic E-state index is -0.117. The SMILES string of the molecule is CC(c1cc2ccccc2o1)N(C)C(=O)CN1CCN(c2ccc(O)cc2)CC1. The lowest BCUT2D eigenvalue weighted by atomic mass is 10.2. The average molecular weight is 393 g/mol. The van der Waals surface area contributed by atoms with Crippen LogP contribution in [0.1, 0.15) is 18.7 Å². The summed E-state index contributed by atoms with van der Waals surface area (Å²) in [5.74, 6) is 1.18. The Balaban J connectivity index is 1.32. The summed E-state index contributed by atoms with van der Waals surface area (Å²) in [6.45, 7) is 5.80. The number of phenols is 1. The molecule has 0 radical (unpaired) electrons. The van der Waals surface area contributed by atoms with Crippen LogP contribution >= 0.6 is 0 Å². The van der Waals surface area contributed by atoms with E-state index in [1.165, 1.54) is 0 Å². The summed E-state index contributed by atoms with van der Waals surface area (Å²) in [7, 11) is 1.84. The van der Waals surface area contributed by atoms with Crippen molar-refractivity contribution < 1.29 is 14.3 Å². The van der Waals surface area contributed by atoms with E-state index in [1.807, 2.05) is 56.4 Å². The van der Waals surface area contributed by atoms with Crippen molar-refractivity contribution in [1.29, 1.82) is 0 Å². The third kappa shape index (κ3) is 4.22. The van der Waals surface area contributed by atoms with E-state index in [1.54, 1.807) is 17.0 Å².